The number of aromatic hydroxyl groups is 1. The molecule has 0 saturated carbocycles. The molecule has 0 amide bonds. The molecule has 0 radical (unpaired) electrons. The number of guanidine groups is 1. The summed E-state index contributed by atoms with van der Waals surface area (Å²) in [5, 5.41) is 15.2. The molecule has 0 saturated heterocycles. The van der Waals surface area contributed by atoms with Crippen molar-refractivity contribution in [3.05, 3.63) is 24.3 Å². The van der Waals surface area contributed by atoms with Gasteiger partial charge in [0.05, 0.1) is 6.54 Å². The summed E-state index contributed by atoms with van der Waals surface area (Å²) in [6.07, 6.45) is 0. The Kier molecular flexibility index (Phi) is 2.04. The van der Waals surface area contributed by atoms with Crippen LogP contribution in [0.1, 0.15) is 0 Å². The Labute approximate surface area is 76.3 Å². The van der Waals surface area contributed by atoms with Crippen molar-refractivity contribution in [3.8, 4) is 5.75 Å². The van der Waals surface area contributed by atoms with Crippen LogP contribution >= 0.6 is 0 Å². The number of nitrogens with zero attached hydrogens (tertiary/aromatic N) is 1. The first-order valence-electron chi connectivity index (χ1n) is 4.19. The molecule has 1 aliphatic rings. The lowest BCUT2D eigenvalue weighted by Gasteiger charge is -2.05. The second-order valence-corrected chi connectivity index (χ2v) is 2.83. The van der Waals surface area contributed by atoms with E-state index < -0.39 is 0 Å². The normalized spacial score (nSPS) is 14.9. The number of hydrogen-bond acceptors (Lipinski definition) is 4. The summed E-state index contributed by atoms with van der Waals surface area (Å²) in [4.78, 5) is 4.19. The minimum Gasteiger partial charge on any atom is -0.508 e. The lowest BCUT2D eigenvalue weighted by atomic mass is 10.3. The lowest BCUT2D eigenvalue weighted by molar-refractivity contribution is 0.475. The molecule has 2 rings (SSSR count). The molecular formula is C9H11N3O. The van der Waals surface area contributed by atoms with Gasteiger partial charge >= 0.3 is 0 Å². The van der Waals surface area contributed by atoms with E-state index in [1.54, 1.807) is 24.3 Å². The summed E-state index contributed by atoms with van der Waals surface area (Å²) in [7, 11) is 0. The molecule has 0 unspecified atom stereocenters. The molecule has 0 spiro atoms. The first-order chi connectivity index (χ1) is 6.34. The van der Waals surface area contributed by atoms with Gasteiger partial charge in [-0.3, -0.25) is 4.99 Å². The van der Waals surface area contributed by atoms with Gasteiger partial charge in [0.2, 0.25) is 0 Å². The van der Waals surface area contributed by atoms with Gasteiger partial charge in [-0.2, -0.15) is 0 Å². The highest BCUT2D eigenvalue weighted by Crippen LogP contribution is 2.13. The van der Waals surface area contributed by atoms with Crippen LogP contribution in [-0.4, -0.2) is 24.2 Å². The van der Waals surface area contributed by atoms with E-state index in [1.165, 1.54) is 0 Å². The fraction of sp³-hybridized carbons (Fsp3) is 0.222. The van der Waals surface area contributed by atoms with E-state index >= 15 is 0 Å². The Morgan fingerprint density at radius 1 is 1.31 bits per heavy atom. The van der Waals surface area contributed by atoms with E-state index in [0.717, 1.165) is 24.7 Å². The highest BCUT2D eigenvalue weighted by molar-refractivity contribution is 5.94. The SMILES string of the molecule is Oc1ccc(NC2=NCCN2)cc1. The summed E-state index contributed by atoms with van der Waals surface area (Å²) < 4.78 is 0. The second-order valence-electron chi connectivity index (χ2n) is 2.83. The third kappa shape index (κ3) is 1.90. The average molecular weight is 177 g/mol. The van der Waals surface area contributed by atoms with Crippen molar-refractivity contribution >= 4 is 11.6 Å². The van der Waals surface area contributed by atoms with Gasteiger partial charge in [-0.1, -0.05) is 0 Å². The van der Waals surface area contributed by atoms with Crippen molar-refractivity contribution in [1.29, 1.82) is 0 Å². The monoisotopic (exact) mass is 177 g/mol. The van der Waals surface area contributed by atoms with Gasteiger partial charge < -0.3 is 15.7 Å². The molecule has 0 aliphatic carbocycles. The van der Waals surface area contributed by atoms with Crippen molar-refractivity contribution in [1.82, 2.24) is 5.32 Å². The highest BCUT2D eigenvalue weighted by Gasteiger charge is 2.03. The van der Waals surface area contributed by atoms with Crippen LogP contribution in [-0.2, 0) is 0 Å². The molecule has 1 aromatic carbocycles. The Balaban J connectivity index is 2.05. The number of rotatable bonds is 1. The number of nitrogens with one attached hydrogen (secondary N) is 2. The minimum absolute atomic E-state index is 0.270. The molecule has 68 valence electrons. The van der Waals surface area contributed by atoms with Gasteiger partial charge in [0.25, 0.3) is 0 Å². The van der Waals surface area contributed by atoms with Gasteiger partial charge in [-0.15, -0.1) is 0 Å². The number of phenols is 1. The predicted molar refractivity (Wildman–Crippen MR) is 52.0 cm³/mol. The first-order valence-corrected chi connectivity index (χ1v) is 4.19. The molecule has 0 fully saturated rings. The van der Waals surface area contributed by atoms with Crippen LogP contribution in [0.4, 0.5) is 5.69 Å². The minimum atomic E-state index is 0.270. The van der Waals surface area contributed by atoms with Crippen LogP contribution < -0.4 is 10.6 Å². The first kappa shape index (κ1) is 7.91. The molecule has 1 aliphatic heterocycles. The van der Waals surface area contributed by atoms with Crippen LogP contribution in [0.25, 0.3) is 0 Å². The summed E-state index contributed by atoms with van der Waals surface area (Å²) in [5.74, 6) is 1.07. The lowest BCUT2D eigenvalue weighted by Crippen LogP contribution is -2.26. The standard InChI is InChI=1S/C9H11N3O/c13-8-3-1-7(2-4-8)12-9-10-5-6-11-9/h1-4,13H,5-6H2,(H2,10,11,12). The molecule has 1 heterocycles. The Bertz CT molecular complexity index is 318. The number of anilines is 1. The zero-order chi connectivity index (χ0) is 9.10. The molecule has 4 nitrogen and oxygen atoms in total. The molecule has 3 N–H and O–H groups in total. The van der Waals surface area contributed by atoms with Gasteiger partial charge in [-0.05, 0) is 24.3 Å². The number of benzene rings is 1. The zero-order valence-corrected chi connectivity index (χ0v) is 7.12. The molecule has 0 aromatic heterocycles. The van der Waals surface area contributed by atoms with E-state index in [0.29, 0.717) is 0 Å². The largest absolute Gasteiger partial charge is 0.508 e. The van der Waals surface area contributed by atoms with E-state index in [4.69, 9.17) is 5.11 Å². The summed E-state index contributed by atoms with van der Waals surface area (Å²) in [5.41, 5.74) is 0.922. The highest BCUT2D eigenvalue weighted by atomic mass is 16.3. The molecule has 4 heteroatoms. The Hall–Kier alpha value is -1.71. The van der Waals surface area contributed by atoms with E-state index in [1.807, 2.05) is 0 Å². The quantitative estimate of drug-likeness (QED) is 0.555. The Morgan fingerprint density at radius 3 is 2.69 bits per heavy atom. The second kappa shape index (κ2) is 3.35. The van der Waals surface area contributed by atoms with Crippen LogP contribution in [0.15, 0.2) is 29.3 Å². The van der Waals surface area contributed by atoms with Crippen molar-refractivity contribution in [2.45, 2.75) is 0 Å². The fourth-order valence-electron chi connectivity index (χ4n) is 1.16. The fourth-order valence-corrected chi connectivity index (χ4v) is 1.16. The summed E-state index contributed by atoms with van der Waals surface area (Å²) in [6, 6.07) is 6.88. The number of phenolic OH excluding ortho intramolecular Hbond substituents is 1. The summed E-state index contributed by atoms with van der Waals surface area (Å²) in [6.45, 7) is 1.71. The van der Waals surface area contributed by atoms with Crippen LogP contribution in [0.3, 0.4) is 0 Å². The number of aliphatic imine (C=N–C) groups is 1. The molecule has 13 heavy (non-hydrogen) atoms. The van der Waals surface area contributed by atoms with Gasteiger partial charge in [0.15, 0.2) is 5.96 Å². The van der Waals surface area contributed by atoms with Gasteiger partial charge in [0.1, 0.15) is 5.75 Å². The Morgan fingerprint density at radius 2 is 2.08 bits per heavy atom. The smallest absolute Gasteiger partial charge is 0.195 e. The third-order valence-corrected chi connectivity index (χ3v) is 1.80. The van der Waals surface area contributed by atoms with Gasteiger partial charge in [-0.25, -0.2) is 0 Å². The zero-order valence-electron chi connectivity index (χ0n) is 7.12. The summed E-state index contributed by atoms with van der Waals surface area (Å²) >= 11 is 0. The maximum absolute atomic E-state index is 9.04. The van der Waals surface area contributed by atoms with Gasteiger partial charge in [0, 0.05) is 12.2 Å². The van der Waals surface area contributed by atoms with Crippen LogP contribution in [0.5, 0.6) is 5.75 Å². The topological polar surface area (TPSA) is 56.6 Å². The van der Waals surface area contributed by atoms with E-state index in [-0.39, 0.29) is 5.75 Å². The molecule has 0 bridgehead atoms. The maximum atomic E-state index is 9.04. The van der Waals surface area contributed by atoms with E-state index in [2.05, 4.69) is 15.6 Å². The van der Waals surface area contributed by atoms with Crippen molar-refractivity contribution in [2.75, 3.05) is 18.4 Å². The van der Waals surface area contributed by atoms with Crippen LogP contribution in [0, 0.1) is 0 Å². The average Bonchev–Trinajstić information content (AvgIpc) is 2.62. The molecule has 1 aromatic rings. The van der Waals surface area contributed by atoms with Crippen molar-refractivity contribution in [3.63, 3.8) is 0 Å². The predicted octanol–water partition coefficient (Wildman–Crippen LogP) is 0.763. The number of hydrogen-bond donors (Lipinski definition) is 3. The molecule has 0 atom stereocenters. The maximum Gasteiger partial charge on any atom is 0.195 e. The molecular weight excluding hydrogens is 166 g/mol. The third-order valence-electron chi connectivity index (χ3n) is 1.80. The van der Waals surface area contributed by atoms with Crippen molar-refractivity contribution in [2.24, 2.45) is 4.99 Å². The van der Waals surface area contributed by atoms with E-state index in [9.17, 15) is 0 Å². The van der Waals surface area contributed by atoms with Crippen molar-refractivity contribution < 1.29 is 5.11 Å². The van der Waals surface area contributed by atoms with Crippen LogP contribution in [0.2, 0.25) is 0 Å².